The monoisotopic (exact) mass is 403 g/mol. The quantitative estimate of drug-likeness (QED) is 0.337. The first-order valence-electron chi connectivity index (χ1n) is 10.3. The molecule has 0 unspecified atom stereocenters. The number of ketones is 1. The van der Waals surface area contributed by atoms with Gasteiger partial charge in [0.1, 0.15) is 5.75 Å². The number of ether oxygens (including phenoxy) is 1. The van der Waals surface area contributed by atoms with E-state index in [-0.39, 0.29) is 40.7 Å². The Morgan fingerprint density at radius 1 is 0.933 bits per heavy atom. The number of para-hydroxylation sites is 1. The summed E-state index contributed by atoms with van der Waals surface area (Å²) in [4.78, 5) is 51.8. The van der Waals surface area contributed by atoms with Gasteiger partial charge in [0.05, 0.1) is 28.7 Å². The first-order valence-corrected chi connectivity index (χ1v) is 10.3. The van der Waals surface area contributed by atoms with Gasteiger partial charge in [-0.05, 0) is 68.4 Å². The molecule has 2 saturated carbocycles. The fourth-order valence-electron chi connectivity index (χ4n) is 5.44. The minimum Gasteiger partial charge on any atom is -0.422 e. The van der Waals surface area contributed by atoms with Crippen LogP contribution in [0.15, 0.2) is 48.5 Å². The van der Waals surface area contributed by atoms with Crippen LogP contribution < -0.4 is 9.64 Å². The highest BCUT2D eigenvalue weighted by Crippen LogP contribution is 2.56. The van der Waals surface area contributed by atoms with Crippen LogP contribution in [0.1, 0.15) is 46.9 Å². The zero-order valence-electron chi connectivity index (χ0n) is 16.5. The number of hydrogen-bond acceptors (Lipinski definition) is 5. The Morgan fingerprint density at radius 3 is 2.27 bits per heavy atom. The number of benzene rings is 2. The molecule has 1 heterocycles. The first kappa shape index (κ1) is 18.7. The van der Waals surface area contributed by atoms with Crippen molar-refractivity contribution in [2.45, 2.75) is 26.2 Å². The lowest BCUT2D eigenvalue weighted by Crippen LogP contribution is -2.32. The fraction of sp³-hybridized carbons (Fsp3) is 0.333. The highest BCUT2D eigenvalue weighted by molar-refractivity contribution is 6.22. The minimum absolute atomic E-state index is 0.148. The van der Waals surface area contributed by atoms with Crippen molar-refractivity contribution in [3.63, 3.8) is 0 Å². The molecule has 4 atom stereocenters. The highest BCUT2D eigenvalue weighted by atomic mass is 16.5. The van der Waals surface area contributed by atoms with Crippen molar-refractivity contribution in [2.24, 2.45) is 23.7 Å². The summed E-state index contributed by atoms with van der Waals surface area (Å²) in [6, 6.07) is 12.9. The average molecular weight is 403 g/mol. The van der Waals surface area contributed by atoms with E-state index in [0.717, 1.165) is 19.3 Å². The van der Waals surface area contributed by atoms with Crippen molar-refractivity contribution in [3.8, 4) is 5.75 Å². The SMILES string of the molecule is CC(=O)c1ccccc1OC(=O)c1cccc(N2C(=O)[C@@H]3[C@@H]4CC[C@H](C4)[C@@H]3C2=O)c1. The number of fused-ring (bicyclic) bond motifs is 5. The number of amides is 2. The average Bonchev–Trinajstić information content (AvgIpc) is 3.42. The van der Waals surface area contributed by atoms with Crippen LogP contribution in [0.5, 0.6) is 5.75 Å². The van der Waals surface area contributed by atoms with Gasteiger partial charge in [-0.2, -0.15) is 0 Å². The van der Waals surface area contributed by atoms with Crippen LogP contribution in [0.3, 0.4) is 0 Å². The van der Waals surface area contributed by atoms with Crippen LogP contribution in [0.4, 0.5) is 5.69 Å². The number of Topliss-reactive ketones (excluding diaryl/α,β-unsaturated/α-hetero) is 1. The predicted molar refractivity (Wildman–Crippen MR) is 108 cm³/mol. The van der Waals surface area contributed by atoms with Gasteiger partial charge < -0.3 is 4.74 Å². The maximum absolute atomic E-state index is 13.0. The molecule has 5 rings (SSSR count). The molecule has 2 aromatic rings. The molecule has 1 aliphatic heterocycles. The first-order chi connectivity index (χ1) is 14.5. The van der Waals surface area contributed by atoms with Gasteiger partial charge in [0, 0.05) is 0 Å². The number of imide groups is 1. The summed E-state index contributed by atoms with van der Waals surface area (Å²) in [6.45, 7) is 1.40. The maximum Gasteiger partial charge on any atom is 0.343 e. The molecule has 2 amide bonds. The summed E-state index contributed by atoms with van der Waals surface area (Å²) in [7, 11) is 0. The summed E-state index contributed by atoms with van der Waals surface area (Å²) >= 11 is 0. The van der Waals surface area contributed by atoms with Crippen LogP contribution in [-0.2, 0) is 9.59 Å². The van der Waals surface area contributed by atoms with E-state index in [1.54, 1.807) is 42.5 Å². The van der Waals surface area contributed by atoms with Gasteiger partial charge in [-0.1, -0.05) is 18.2 Å². The molecule has 3 aliphatic rings. The van der Waals surface area contributed by atoms with Gasteiger partial charge in [0.2, 0.25) is 11.8 Å². The Kier molecular flexibility index (Phi) is 4.31. The van der Waals surface area contributed by atoms with Gasteiger partial charge in [-0.15, -0.1) is 0 Å². The third-order valence-electron chi connectivity index (χ3n) is 6.74. The van der Waals surface area contributed by atoms with E-state index in [4.69, 9.17) is 4.74 Å². The summed E-state index contributed by atoms with van der Waals surface area (Å²) in [5.74, 6) is -0.792. The standard InChI is InChI=1S/C24H21NO5/c1-13(26)18-7-2-3-8-19(18)30-24(29)16-5-4-6-17(12-16)25-22(27)20-14-9-10-15(11-14)21(20)23(25)28/h2-8,12,14-15,20-21H,9-11H2,1H3/t14-,15-,20-,21+/m1/s1. The van der Waals surface area contributed by atoms with E-state index in [1.807, 2.05) is 0 Å². The van der Waals surface area contributed by atoms with Crippen molar-refractivity contribution in [2.75, 3.05) is 4.90 Å². The molecule has 2 bridgehead atoms. The topological polar surface area (TPSA) is 80.8 Å². The van der Waals surface area contributed by atoms with Gasteiger partial charge in [-0.25, -0.2) is 4.79 Å². The van der Waals surface area contributed by atoms with E-state index in [1.165, 1.54) is 17.9 Å². The van der Waals surface area contributed by atoms with Crippen molar-refractivity contribution in [3.05, 3.63) is 59.7 Å². The Balaban J connectivity index is 1.41. The van der Waals surface area contributed by atoms with Gasteiger partial charge in [-0.3, -0.25) is 19.3 Å². The molecule has 2 aliphatic carbocycles. The Morgan fingerprint density at radius 2 is 1.60 bits per heavy atom. The van der Waals surface area contributed by atoms with Crippen LogP contribution in [0.25, 0.3) is 0 Å². The number of esters is 1. The highest BCUT2D eigenvalue weighted by Gasteiger charge is 2.61. The molecule has 0 radical (unpaired) electrons. The maximum atomic E-state index is 13.0. The van der Waals surface area contributed by atoms with Gasteiger partial charge in [0.15, 0.2) is 5.78 Å². The predicted octanol–water partition coefficient (Wildman–Crippen LogP) is 3.64. The molecule has 0 aromatic heterocycles. The molecular weight excluding hydrogens is 382 g/mol. The summed E-state index contributed by atoms with van der Waals surface area (Å²) in [5, 5.41) is 0. The number of carbonyl (C=O) groups is 4. The van der Waals surface area contributed by atoms with E-state index < -0.39 is 5.97 Å². The van der Waals surface area contributed by atoms with Crippen molar-refractivity contribution >= 4 is 29.3 Å². The number of rotatable bonds is 4. The molecule has 3 fully saturated rings. The zero-order chi connectivity index (χ0) is 21.0. The Bertz CT molecular complexity index is 1060. The smallest absolute Gasteiger partial charge is 0.343 e. The largest absolute Gasteiger partial charge is 0.422 e. The molecule has 6 heteroatoms. The van der Waals surface area contributed by atoms with Crippen LogP contribution in [0, 0.1) is 23.7 Å². The van der Waals surface area contributed by atoms with E-state index >= 15 is 0 Å². The van der Waals surface area contributed by atoms with Crippen molar-refractivity contribution in [1.29, 1.82) is 0 Å². The zero-order valence-corrected chi connectivity index (χ0v) is 16.5. The van der Waals surface area contributed by atoms with Gasteiger partial charge >= 0.3 is 5.97 Å². The lowest BCUT2D eigenvalue weighted by atomic mass is 9.81. The Labute approximate surface area is 173 Å². The molecule has 1 saturated heterocycles. The van der Waals surface area contributed by atoms with E-state index in [9.17, 15) is 19.2 Å². The minimum atomic E-state index is -0.648. The number of anilines is 1. The number of hydrogen-bond donors (Lipinski definition) is 0. The third-order valence-corrected chi connectivity index (χ3v) is 6.74. The third kappa shape index (κ3) is 2.78. The summed E-state index contributed by atoms with van der Waals surface area (Å²) in [5.41, 5.74) is 0.926. The molecule has 6 nitrogen and oxygen atoms in total. The lowest BCUT2D eigenvalue weighted by molar-refractivity contribution is -0.123. The van der Waals surface area contributed by atoms with E-state index in [0.29, 0.717) is 23.1 Å². The molecule has 152 valence electrons. The van der Waals surface area contributed by atoms with Crippen LogP contribution in [-0.4, -0.2) is 23.6 Å². The number of nitrogens with zero attached hydrogens (tertiary/aromatic N) is 1. The van der Waals surface area contributed by atoms with Crippen LogP contribution >= 0.6 is 0 Å². The summed E-state index contributed by atoms with van der Waals surface area (Å²) < 4.78 is 5.43. The normalized spacial score (nSPS) is 26.8. The van der Waals surface area contributed by atoms with Gasteiger partial charge in [0.25, 0.3) is 0 Å². The van der Waals surface area contributed by atoms with Crippen molar-refractivity contribution in [1.82, 2.24) is 0 Å². The van der Waals surface area contributed by atoms with E-state index in [2.05, 4.69) is 0 Å². The molecular formula is C24H21NO5. The molecule has 0 N–H and O–H groups in total. The second-order valence-electron chi connectivity index (χ2n) is 8.39. The molecule has 0 spiro atoms. The lowest BCUT2D eigenvalue weighted by Gasteiger charge is -2.19. The summed E-state index contributed by atoms with van der Waals surface area (Å²) in [6.07, 6.45) is 3.00. The fourth-order valence-corrected chi connectivity index (χ4v) is 5.44. The molecule has 2 aromatic carbocycles. The Hall–Kier alpha value is -3.28. The van der Waals surface area contributed by atoms with Crippen LogP contribution in [0.2, 0.25) is 0 Å². The molecule has 30 heavy (non-hydrogen) atoms. The second kappa shape index (κ2) is 6.90. The second-order valence-corrected chi connectivity index (χ2v) is 8.39. The number of carbonyl (C=O) groups excluding carboxylic acids is 4. The van der Waals surface area contributed by atoms with Crippen molar-refractivity contribution < 1.29 is 23.9 Å².